The van der Waals surface area contributed by atoms with Crippen molar-refractivity contribution in [1.29, 1.82) is 0 Å². The first-order chi connectivity index (χ1) is 14.0. The predicted octanol–water partition coefficient (Wildman–Crippen LogP) is 3.16. The fourth-order valence-electron chi connectivity index (χ4n) is 3.57. The number of benzene rings is 1. The Kier molecular flexibility index (Phi) is 6.30. The topological polar surface area (TPSA) is 61.6 Å². The standard InChI is InChI=1S/C22H32BFN2O4/c1-13(2)18-20(28-8)25-17(19(26-18)27-7)12-14-9-10-15(16(24)11-14)23-29-21(3,4)22(5,6)30-23/h9-11,13,17-18H,12H2,1-8H3/t17-,18+/m0/s1. The van der Waals surface area contributed by atoms with E-state index in [0.29, 0.717) is 23.7 Å². The third-order valence-corrected chi connectivity index (χ3v) is 6.14. The van der Waals surface area contributed by atoms with E-state index in [1.807, 2.05) is 33.8 Å². The molecule has 2 atom stereocenters. The van der Waals surface area contributed by atoms with Gasteiger partial charge in [0.2, 0.25) is 11.8 Å². The lowest BCUT2D eigenvalue weighted by Gasteiger charge is -2.32. The number of aliphatic imine (C=N–C) groups is 2. The van der Waals surface area contributed by atoms with E-state index in [1.165, 1.54) is 6.07 Å². The molecule has 164 valence electrons. The van der Waals surface area contributed by atoms with E-state index in [1.54, 1.807) is 20.3 Å². The molecule has 0 saturated carbocycles. The van der Waals surface area contributed by atoms with Crippen LogP contribution in [0.5, 0.6) is 0 Å². The number of ether oxygens (including phenoxy) is 2. The predicted molar refractivity (Wildman–Crippen MR) is 117 cm³/mol. The van der Waals surface area contributed by atoms with E-state index >= 15 is 0 Å². The summed E-state index contributed by atoms with van der Waals surface area (Å²) in [4.78, 5) is 9.35. The summed E-state index contributed by atoms with van der Waals surface area (Å²) in [7, 11) is 2.44. The lowest BCUT2D eigenvalue weighted by atomic mass is 9.78. The van der Waals surface area contributed by atoms with Gasteiger partial charge in [-0.05, 0) is 45.2 Å². The number of rotatable bonds is 4. The average molecular weight is 418 g/mol. The van der Waals surface area contributed by atoms with E-state index in [0.717, 1.165) is 5.56 Å². The van der Waals surface area contributed by atoms with Gasteiger partial charge in [-0.2, -0.15) is 0 Å². The molecule has 1 aromatic rings. The first kappa shape index (κ1) is 22.8. The summed E-state index contributed by atoms with van der Waals surface area (Å²) >= 11 is 0. The van der Waals surface area contributed by atoms with E-state index < -0.39 is 18.3 Å². The van der Waals surface area contributed by atoms with Crippen molar-refractivity contribution < 1.29 is 23.2 Å². The molecular weight excluding hydrogens is 386 g/mol. The minimum atomic E-state index is -0.736. The molecule has 1 aromatic carbocycles. The van der Waals surface area contributed by atoms with Crippen molar-refractivity contribution in [2.45, 2.75) is 71.2 Å². The lowest BCUT2D eigenvalue weighted by Crippen LogP contribution is -2.41. The van der Waals surface area contributed by atoms with Crippen LogP contribution in [-0.2, 0) is 25.2 Å². The molecule has 3 rings (SSSR count). The summed E-state index contributed by atoms with van der Waals surface area (Å²) in [6.45, 7) is 11.9. The summed E-state index contributed by atoms with van der Waals surface area (Å²) in [6.07, 6.45) is 0.449. The number of hydrogen-bond acceptors (Lipinski definition) is 6. The van der Waals surface area contributed by atoms with Crippen LogP contribution in [0.25, 0.3) is 0 Å². The summed E-state index contributed by atoms with van der Waals surface area (Å²) in [5, 5.41) is 0. The maximum absolute atomic E-state index is 15.0. The Morgan fingerprint density at radius 1 is 1.03 bits per heavy atom. The normalized spacial score (nSPS) is 25.2. The monoisotopic (exact) mass is 418 g/mol. The zero-order valence-electron chi connectivity index (χ0n) is 19.2. The highest BCUT2D eigenvalue weighted by Gasteiger charge is 2.52. The highest BCUT2D eigenvalue weighted by Crippen LogP contribution is 2.36. The molecule has 1 saturated heterocycles. The Morgan fingerprint density at radius 2 is 1.63 bits per heavy atom. The van der Waals surface area contributed by atoms with Crippen LogP contribution in [0.15, 0.2) is 28.2 Å². The molecule has 0 radical (unpaired) electrons. The molecule has 2 aliphatic rings. The molecule has 0 aromatic heterocycles. The summed E-state index contributed by atoms with van der Waals surface area (Å²) in [5.74, 6) is 0.968. The first-order valence-corrected chi connectivity index (χ1v) is 10.4. The molecule has 2 aliphatic heterocycles. The van der Waals surface area contributed by atoms with Crippen LogP contribution in [0.3, 0.4) is 0 Å². The Hall–Kier alpha value is -1.93. The molecule has 0 unspecified atom stereocenters. The molecule has 0 bridgehead atoms. The maximum Gasteiger partial charge on any atom is 0.497 e. The lowest BCUT2D eigenvalue weighted by molar-refractivity contribution is 0.00578. The maximum atomic E-state index is 15.0. The largest absolute Gasteiger partial charge is 0.497 e. The zero-order chi connectivity index (χ0) is 22.3. The third kappa shape index (κ3) is 4.25. The van der Waals surface area contributed by atoms with Gasteiger partial charge >= 0.3 is 7.12 Å². The van der Waals surface area contributed by atoms with Crippen LogP contribution in [0, 0.1) is 11.7 Å². The highest BCUT2D eigenvalue weighted by molar-refractivity contribution is 6.62. The Labute approximate surface area is 179 Å². The van der Waals surface area contributed by atoms with Crippen molar-refractivity contribution in [3.8, 4) is 0 Å². The number of nitrogens with zero attached hydrogens (tertiary/aromatic N) is 2. The van der Waals surface area contributed by atoms with Crippen molar-refractivity contribution in [2.24, 2.45) is 15.9 Å². The van der Waals surface area contributed by atoms with Crippen LogP contribution in [0.4, 0.5) is 4.39 Å². The molecule has 30 heavy (non-hydrogen) atoms. The van der Waals surface area contributed by atoms with Gasteiger partial charge in [-0.3, -0.25) is 0 Å². The Balaban J connectivity index is 1.81. The number of halogens is 1. The van der Waals surface area contributed by atoms with Gasteiger partial charge in [0.1, 0.15) is 17.9 Å². The quantitative estimate of drug-likeness (QED) is 0.705. The molecule has 0 aliphatic carbocycles. The molecule has 2 heterocycles. The van der Waals surface area contributed by atoms with Crippen molar-refractivity contribution in [3.05, 3.63) is 29.6 Å². The average Bonchev–Trinajstić information content (AvgIpc) is 2.88. The van der Waals surface area contributed by atoms with Crippen molar-refractivity contribution in [3.63, 3.8) is 0 Å². The van der Waals surface area contributed by atoms with Gasteiger partial charge in [-0.15, -0.1) is 0 Å². The van der Waals surface area contributed by atoms with E-state index in [9.17, 15) is 4.39 Å². The van der Waals surface area contributed by atoms with Gasteiger partial charge in [0.25, 0.3) is 0 Å². The van der Waals surface area contributed by atoms with Crippen LogP contribution in [0.1, 0.15) is 47.1 Å². The molecule has 8 heteroatoms. The van der Waals surface area contributed by atoms with Crippen LogP contribution < -0.4 is 5.46 Å². The molecule has 1 fully saturated rings. The Morgan fingerprint density at radius 3 is 2.13 bits per heavy atom. The van der Waals surface area contributed by atoms with Gasteiger partial charge in [0, 0.05) is 11.9 Å². The van der Waals surface area contributed by atoms with Gasteiger partial charge in [-0.25, -0.2) is 14.4 Å². The van der Waals surface area contributed by atoms with Crippen LogP contribution in [-0.4, -0.2) is 56.4 Å². The fourth-order valence-corrected chi connectivity index (χ4v) is 3.57. The van der Waals surface area contributed by atoms with Gasteiger partial charge in [0.15, 0.2) is 0 Å². The van der Waals surface area contributed by atoms with Crippen molar-refractivity contribution in [1.82, 2.24) is 0 Å². The summed E-state index contributed by atoms with van der Waals surface area (Å²) in [5.41, 5.74) is 0.132. The Bertz CT molecular complexity index is 838. The van der Waals surface area contributed by atoms with E-state index in [2.05, 4.69) is 23.8 Å². The van der Waals surface area contributed by atoms with E-state index in [-0.39, 0.29) is 23.8 Å². The summed E-state index contributed by atoms with van der Waals surface area (Å²) in [6, 6.07) is 4.56. The zero-order valence-corrected chi connectivity index (χ0v) is 19.2. The van der Waals surface area contributed by atoms with Crippen LogP contribution in [0.2, 0.25) is 0 Å². The second-order valence-corrected chi connectivity index (χ2v) is 9.20. The van der Waals surface area contributed by atoms with Gasteiger partial charge in [-0.1, -0.05) is 26.0 Å². The SMILES string of the molecule is COC1=N[C@H](C(C)C)C(OC)=N[C@H]1Cc1ccc(B2OC(C)(C)C(C)(C)O2)c(F)c1. The minimum absolute atomic E-state index is 0.177. The van der Waals surface area contributed by atoms with Crippen molar-refractivity contribution >= 4 is 24.4 Å². The minimum Gasteiger partial charge on any atom is -0.483 e. The smallest absolute Gasteiger partial charge is 0.483 e. The second-order valence-electron chi connectivity index (χ2n) is 9.20. The fraction of sp³-hybridized carbons (Fsp3) is 0.636. The van der Waals surface area contributed by atoms with Gasteiger partial charge in [0.05, 0.1) is 25.4 Å². The third-order valence-electron chi connectivity index (χ3n) is 6.14. The number of methoxy groups -OCH3 is 2. The highest BCUT2D eigenvalue weighted by atomic mass is 19.1. The molecular formula is C22H32BFN2O4. The molecule has 0 N–H and O–H groups in total. The molecule has 0 spiro atoms. The van der Waals surface area contributed by atoms with Crippen molar-refractivity contribution in [2.75, 3.05) is 14.2 Å². The van der Waals surface area contributed by atoms with Crippen LogP contribution >= 0.6 is 0 Å². The number of hydrogen-bond donors (Lipinski definition) is 0. The molecule has 6 nitrogen and oxygen atoms in total. The van der Waals surface area contributed by atoms with Gasteiger partial charge < -0.3 is 18.8 Å². The first-order valence-electron chi connectivity index (χ1n) is 10.4. The second kappa shape index (κ2) is 8.31. The summed E-state index contributed by atoms with van der Waals surface area (Å²) < 4.78 is 37.9. The molecule has 0 amide bonds. The van der Waals surface area contributed by atoms with E-state index in [4.69, 9.17) is 18.8 Å².